The summed E-state index contributed by atoms with van der Waals surface area (Å²) in [5.74, 6) is 1.72. The van der Waals surface area contributed by atoms with Crippen LogP contribution in [0.25, 0.3) is 0 Å². The molecule has 3 aliphatic rings. The van der Waals surface area contributed by atoms with Crippen LogP contribution in [0.2, 0.25) is 0 Å². The second kappa shape index (κ2) is 6.46. The first kappa shape index (κ1) is 17.1. The highest BCUT2D eigenvalue weighted by Crippen LogP contribution is 2.36. The maximum Gasteiger partial charge on any atom is 0.282 e. The van der Waals surface area contributed by atoms with Crippen molar-refractivity contribution in [2.24, 2.45) is 11.8 Å². The van der Waals surface area contributed by atoms with Crippen molar-refractivity contribution >= 4 is 16.0 Å². The molecule has 25 heavy (non-hydrogen) atoms. The van der Waals surface area contributed by atoms with Gasteiger partial charge in [0.2, 0.25) is 0 Å². The summed E-state index contributed by atoms with van der Waals surface area (Å²) >= 11 is 0. The number of rotatable bonds is 3. The molecule has 0 saturated carbocycles. The monoisotopic (exact) mass is 367 g/mol. The van der Waals surface area contributed by atoms with Gasteiger partial charge >= 0.3 is 0 Å². The van der Waals surface area contributed by atoms with Gasteiger partial charge in [0, 0.05) is 50.5 Å². The second-order valence-electron chi connectivity index (χ2n) is 7.17. The van der Waals surface area contributed by atoms with E-state index >= 15 is 0 Å². The van der Waals surface area contributed by atoms with Crippen LogP contribution in [-0.4, -0.2) is 79.5 Å². The van der Waals surface area contributed by atoms with Crippen molar-refractivity contribution in [3.63, 3.8) is 0 Å². The Balaban J connectivity index is 1.45. The van der Waals surface area contributed by atoms with Gasteiger partial charge < -0.3 is 9.64 Å². The maximum atomic E-state index is 12.8. The molecule has 4 heterocycles. The van der Waals surface area contributed by atoms with E-state index in [1.807, 2.05) is 13.8 Å². The number of hydrogen-bond acceptors (Lipinski definition) is 6. The van der Waals surface area contributed by atoms with E-state index in [0.717, 1.165) is 30.2 Å². The largest absolute Gasteiger partial charge is 0.379 e. The smallest absolute Gasteiger partial charge is 0.282 e. The molecule has 0 spiro atoms. The van der Waals surface area contributed by atoms with Crippen LogP contribution >= 0.6 is 0 Å². The number of hydrogen-bond donors (Lipinski definition) is 0. The highest BCUT2D eigenvalue weighted by Gasteiger charge is 2.46. The van der Waals surface area contributed by atoms with Crippen LogP contribution in [0.15, 0.2) is 6.33 Å². The van der Waals surface area contributed by atoms with Gasteiger partial charge in [0.1, 0.15) is 12.1 Å². The van der Waals surface area contributed by atoms with E-state index in [4.69, 9.17) is 4.74 Å². The first-order chi connectivity index (χ1) is 12.0. The Morgan fingerprint density at radius 2 is 1.64 bits per heavy atom. The first-order valence-electron chi connectivity index (χ1n) is 8.83. The van der Waals surface area contributed by atoms with E-state index in [-0.39, 0.29) is 0 Å². The lowest BCUT2D eigenvalue weighted by molar-refractivity contribution is 0.0705. The van der Waals surface area contributed by atoms with E-state index in [1.165, 1.54) is 0 Å². The predicted octanol–water partition coefficient (Wildman–Crippen LogP) is 0.0384. The second-order valence-corrected chi connectivity index (χ2v) is 9.10. The Morgan fingerprint density at radius 3 is 2.28 bits per heavy atom. The first-order valence-corrected chi connectivity index (χ1v) is 10.2. The van der Waals surface area contributed by atoms with Crippen molar-refractivity contribution in [2.45, 2.75) is 13.8 Å². The quantitative estimate of drug-likeness (QED) is 0.751. The number of fused-ring (bicyclic) bond motifs is 1. The molecule has 2 unspecified atom stereocenters. The summed E-state index contributed by atoms with van der Waals surface area (Å²) in [4.78, 5) is 11.0. The summed E-state index contributed by atoms with van der Waals surface area (Å²) in [5.41, 5.74) is 2.11. The highest BCUT2D eigenvalue weighted by molar-refractivity contribution is 7.86. The van der Waals surface area contributed by atoms with Gasteiger partial charge in [0.15, 0.2) is 0 Å². The molecule has 0 aliphatic carbocycles. The average Bonchev–Trinajstić information content (AvgIpc) is 3.17. The maximum absolute atomic E-state index is 12.8. The molecule has 0 N–H and O–H groups in total. The molecule has 8 nitrogen and oxygen atoms in total. The minimum Gasteiger partial charge on any atom is -0.379 e. The van der Waals surface area contributed by atoms with Crippen LogP contribution in [0.1, 0.15) is 11.3 Å². The Kier molecular flexibility index (Phi) is 4.43. The fourth-order valence-corrected chi connectivity index (χ4v) is 5.79. The zero-order valence-electron chi connectivity index (χ0n) is 14.8. The van der Waals surface area contributed by atoms with Gasteiger partial charge in [0.05, 0.1) is 13.2 Å². The summed E-state index contributed by atoms with van der Waals surface area (Å²) in [7, 11) is -3.36. The third-order valence-electron chi connectivity index (χ3n) is 5.68. The molecule has 138 valence electrons. The summed E-state index contributed by atoms with van der Waals surface area (Å²) < 4.78 is 34.2. The average molecular weight is 367 g/mol. The van der Waals surface area contributed by atoms with Gasteiger partial charge in [-0.15, -0.1) is 0 Å². The summed E-state index contributed by atoms with van der Waals surface area (Å²) in [5, 5.41) is 0. The minimum absolute atomic E-state index is 0.366. The lowest BCUT2D eigenvalue weighted by Gasteiger charge is -2.31. The van der Waals surface area contributed by atoms with Gasteiger partial charge in [0.25, 0.3) is 10.2 Å². The molecule has 0 aromatic carbocycles. The molecule has 1 aromatic rings. The number of anilines is 1. The molecule has 0 bridgehead atoms. The molecule has 4 rings (SSSR count). The van der Waals surface area contributed by atoms with E-state index < -0.39 is 10.2 Å². The Labute approximate surface area is 149 Å². The standard InChI is InChI=1S/C16H25N5O3S/c1-12-13(2)17-11-18-16(12)19-7-14-9-21(10-15(14)8-19)25(22,23)20-3-5-24-6-4-20/h11,14-15H,3-10H2,1-2H3. The SMILES string of the molecule is Cc1ncnc(N2CC3CN(S(=O)(=O)N4CCOCC4)CC3C2)c1C. The van der Waals surface area contributed by atoms with Gasteiger partial charge in [-0.1, -0.05) is 0 Å². The molecule has 1 aromatic heterocycles. The molecule has 3 saturated heterocycles. The molecular weight excluding hydrogens is 342 g/mol. The number of aromatic nitrogens is 2. The topological polar surface area (TPSA) is 78.9 Å². The van der Waals surface area contributed by atoms with Crippen molar-refractivity contribution in [1.82, 2.24) is 18.6 Å². The molecule has 0 radical (unpaired) electrons. The zero-order chi connectivity index (χ0) is 17.6. The van der Waals surface area contributed by atoms with Crippen LogP contribution in [0.3, 0.4) is 0 Å². The lowest BCUT2D eigenvalue weighted by Crippen LogP contribution is -2.48. The molecule has 3 fully saturated rings. The van der Waals surface area contributed by atoms with Gasteiger partial charge in [-0.05, 0) is 25.7 Å². The Hall–Kier alpha value is -1.29. The van der Waals surface area contributed by atoms with Gasteiger partial charge in [-0.25, -0.2) is 9.97 Å². The van der Waals surface area contributed by atoms with Gasteiger partial charge in [-0.2, -0.15) is 17.0 Å². The van der Waals surface area contributed by atoms with Crippen molar-refractivity contribution in [2.75, 3.05) is 57.4 Å². The molecule has 2 atom stereocenters. The van der Waals surface area contributed by atoms with Crippen molar-refractivity contribution in [3.05, 3.63) is 17.6 Å². The van der Waals surface area contributed by atoms with E-state index in [2.05, 4.69) is 14.9 Å². The van der Waals surface area contributed by atoms with E-state index in [0.29, 0.717) is 51.2 Å². The molecule has 3 aliphatic heterocycles. The van der Waals surface area contributed by atoms with Crippen LogP contribution < -0.4 is 4.90 Å². The number of nitrogens with zero attached hydrogens (tertiary/aromatic N) is 5. The minimum atomic E-state index is -3.36. The predicted molar refractivity (Wildman–Crippen MR) is 93.6 cm³/mol. The summed E-state index contributed by atoms with van der Waals surface area (Å²) in [6, 6.07) is 0. The molecule has 9 heteroatoms. The third kappa shape index (κ3) is 3.03. The molecule has 0 amide bonds. The number of aryl methyl sites for hydroxylation is 1. The van der Waals surface area contributed by atoms with E-state index in [1.54, 1.807) is 14.9 Å². The van der Waals surface area contributed by atoms with Crippen molar-refractivity contribution in [3.8, 4) is 0 Å². The Morgan fingerprint density at radius 1 is 1.00 bits per heavy atom. The number of morpholine rings is 1. The van der Waals surface area contributed by atoms with Gasteiger partial charge in [-0.3, -0.25) is 0 Å². The fraction of sp³-hybridized carbons (Fsp3) is 0.750. The van der Waals surface area contributed by atoms with Crippen LogP contribution in [0.5, 0.6) is 0 Å². The lowest BCUT2D eigenvalue weighted by atomic mass is 10.0. The third-order valence-corrected chi connectivity index (χ3v) is 7.65. The van der Waals surface area contributed by atoms with Crippen molar-refractivity contribution < 1.29 is 13.2 Å². The zero-order valence-corrected chi connectivity index (χ0v) is 15.6. The normalized spacial score (nSPS) is 28.5. The summed E-state index contributed by atoms with van der Waals surface area (Å²) in [6.45, 7) is 8.85. The molecular formula is C16H25N5O3S. The Bertz CT molecular complexity index is 736. The van der Waals surface area contributed by atoms with E-state index in [9.17, 15) is 8.42 Å². The number of ether oxygens (including phenoxy) is 1. The van der Waals surface area contributed by atoms with Crippen LogP contribution in [0.4, 0.5) is 5.82 Å². The fourth-order valence-electron chi connectivity index (χ4n) is 4.10. The van der Waals surface area contributed by atoms with Crippen LogP contribution in [0, 0.1) is 25.7 Å². The summed E-state index contributed by atoms with van der Waals surface area (Å²) in [6.07, 6.45) is 1.61. The van der Waals surface area contributed by atoms with Crippen LogP contribution in [-0.2, 0) is 14.9 Å². The van der Waals surface area contributed by atoms with Crippen molar-refractivity contribution in [1.29, 1.82) is 0 Å². The highest BCUT2D eigenvalue weighted by atomic mass is 32.2.